The second-order valence-corrected chi connectivity index (χ2v) is 5.78. The van der Waals surface area contributed by atoms with E-state index in [1.54, 1.807) is 18.2 Å². The summed E-state index contributed by atoms with van der Waals surface area (Å²) in [4.78, 5) is 12.1. The van der Waals surface area contributed by atoms with Gasteiger partial charge in [0.15, 0.2) is 0 Å². The molecule has 0 aliphatic heterocycles. The molecule has 1 aromatic carbocycles. The molecule has 1 aromatic rings. The number of nitrogens with one attached hydrogen (secondary N) is 1. The first-order chi connectivity index (χ1) is 10.2. The van der Waals surface area contributed by atoms with Crippen LogP contribution in [-0.4, -0.2) is 24.2 Å². The van der Waals surface area contributed by atoms with Crippen molar-refractivity contribution in [2.24, 2.45) is 5.92 Å². The van der Waals surface area contributed by atoms with E-state index in [0.29, 0.717) is 22.1 Å². The monoisotopic (exact) mass is 305 g/mol. The minimum Gasteiger partial charge on any atom is -0.384 e. The standard InChI is InChI=1S/C17H20ClNO2/c18-16-11-15(9-8-14(16)7-4-10-20)17(21)19-12-13-5-2-1-3-6-13/h8-9,11,13,20H,1-3,5-6,10,12H2,(H,19,21). The lowest BCUT2D eigenvalue weighted by Crippen LogP contribution is -2.30. The van der Waals surface area contributed by atoms with E-state index in [9.17, 15) is 4.79 Å². The molecule has 21 heavy (non-hydrogen) atoms. The Kier molecular flexibility index (Phi) is 6.10. The molecular weight excluding hydrogens is 286 g/mol. The Morgan fingerprint density at radius 3 is 2.76 bits per heavy atom. The van der Waals surface area contributed by atoms with Crippen LogP contribution in [0.4, 0.5) is 0 Å². The van der Waals surface area contributed by atoms with Crippen molar-refractivity contribution in [2.75, 3.05) is 13.2 Å². The summed E-state index contributed by atoms with van der Waals surface area (Å²) >= 11 is 6.09. The highest BCUT2D eigenvalue weighted by Crippen LogP contribution is 2.23. The minimum atomic E-state index is -0.208. The fourth-order valence-corrected chi connectivity index (χ4v) is 2.85. The van der Waals surface area contributed by atoms with Gasteiger partial charge in [-0.2, -0.15) is 0 Å². The van der Waals surface area contributed by atoms with Gasteiger partial charge in [-0.25, -0.2) is 0 Å². The highest BCUT2D eigenvalue weighted by molar-refractivity contribution is 6.32. The van der Waals surface area contributed by atoms with Gasteiger partial charge in [0.05, 0.1) is 5.02 Å². The smallest absolute Gasteiger partial charge is 0.251 e. The van der Waals surface area contributed by atoms with Gasteiger partial charge in [0.1, 0.15) is 6.61 Å². The maximum atomic E-state index is 12.1. The highest BCUT2D eigenvalue weighted by Gasteiger charge is 2.15. The Morgan fingerprint density at radius 2 is 2.10 bits per heavy atom. The molecule has 2 rings (SSSR count). The van der Waals surface area contributed by atoms with Gasteiger partial charge >= 0.3 is 0 Å². The number of rotatable bonds is 3. The van der Waals surface area contributed by atoms with Crippen molar-refractivity contribution in [3.63, 3.8) is 0 Å². The Labute approximate surface area is 130 Å². The van der Waals surface area contributed by atoms with Gasteiger partial charge < -0.3 is 10.4 Å². The third kappa shape index (κ3) is 4.77. The van der Waals surface area contributed by atoms with Crippen molar-refractivity contribution in [2.45, 2.75) is 32.1 Å². The zero-order valence-corrected chi connectivity index (χ0v) is 12.7. The van der Waals surface area contributed by atoms with E-state index in [2.05, 4.69) is 17.2 Å². The molecule has 112 valence electrons. The van der Waals surface area contributed by atoms with E-state index < -0.39 is 0 Å². The van der Waals surface area contributed by atoms with Crippen LogP contribution in [0, 0.1) is 17.8 Å². The Hall–Kier alpha value is -1.50. The molecule has 1 amide bonds. The third-order valence-corrected chi connectivity index (χ3v) is 4.12. The van der Waals surface area contributed by atoms with Crippen molar-refractivity contribution in [1.82, 2.24) is 5.32 Å². The first kappa shape index (κ1) is 15.9. The maximum Gasteiger partial charge on any atom is 0.251 e. The molecule has 0 heterocycles. The minimum absolute atomic E-state index is 0.0934. The topological polar surface area (TPSA) is 49.3 Å². The first-order valence-electron chi connectivity index (χ1n) is 7.38. The number of hydrogen-bond acceptors (Lipinski definition) is 2. The number of benzene rings is 1. The van der Waals surface area contributed by atoms with Crippen LogP contribution in [0.25, 0.3) is 0 Å². The van der Waals surface area contributed by atoms with Gasteiger partial charge in [0.2, 0.25) is 0 Å². The molecule has 0 radical (unpaired) electrons. The van der Waals surface area contributed by atoms with Crippen LogP contribution in [0.5, 0.6) is 0 Å². The number of carbonyl (C=O) groups excluding carboxylic acids is 1. The maximum absolute atomic E-state index is 12.1. The lowest BCUT2D eigenvalue weighted by molar-refractivity contribution is 0.0943. The van der Waals surface area contributed by atoms with E-state index in [1.807, 2.05) is 0 Å². The van der Waals surface area contributed by atoms with Crippen LogP contribution in [0.15, 0.2) is 18.2 Å². The molecule has 2 N–H and O–H groups in total. The molecule has 1 aliphatic rings. The summed E-state index contributed by atoms with van der Waals surface area (Å²) in [6.07, 6.45) is 6.26. The van der Waals surface area contributed by atoms with E-state index in [4.69, 9.17) is 16.7 Å². The molecule has 1 saturated carbocycles. The van der Waals surface area contributed by atoms with Gasteiger partial charge in [0, 0.05) is 17.7 Å². The number of halogens is 1. The summed E-state index contributed by atoms with van der Waals surface area (Å²) in [6.45, 7) is 0.530. The van der Waals surface area contributed by atoms with Crippen LogP contribution >= 0.6 is 11.6 Å². The van der Waals surface area contributed by atoms with E-state index >= 15 is 0 Å². The summed E-state index contributed by atoms with van der Waals surface area (Å²) < 4.78 is 0. The molecule has 0 bridgehead atoms. The van der Waals surface area contributed by atoms with Crippen LogP contribution in [-0.2, 0) is 0 Å². The third-order valence-electron chi connectivity index (χ3n) is 3.81. The van der Waals surface area contributed by atoms with Gasteiger partial charge in [0.25, 0.3) is 5.91 Å². The van der Waals surface area contributed by atoms with Gasteiger partial charge in [-0.1, -0.05) is 42.7 Å². The van der Waals surface area contributed by atoms with Crippen LogP contribution in [0.1, 0.15) is 48.0 Å². The summed E-state index contributed by atoms with van der Waals surface area (Å²) in [5.41, 5.74) is 1.17. The molecule has 1 aliphatic carbocycles. The molecule has 0 saturated heterocycles. The zero-order chi connectivity index (χ0) is 15.1. The summed E-state index contributed by atoms with van der Waals surface area (Å²) in [7, 11) is 0. The van der Waals surface area contributed by atoms with Crippen molar-refractivity contribution < 1.29 is 9.90 Å². The predicted molar refractivity (Wildman–Crippen MR) is 84.3 cm³/mol. The zero-order valence-electron chi connectivity index (χ0n) is 12.0. The van der Waals surface area contributed by atoms with Gasteiger partial charge in [-0.3, -0.25) is 4.79 Å². The van der Waals surface area contributed by atoms with Gasteiger partial charge in [-0.15, -0.1) is 0 Å². The van der Waals surface area contributed by atoms with Crippen molar-refractivity contribution in [3.05, 3.63) is 34.3 Å². The second kappa shape index (κ2) is 8.07. The second-order valence-electron chi connectivity index (χ2n) is 5.37. The number of aliphatic hydroxyl groups is 1. The quantitative estimate of drug-likeness (QED) is 0.844. The SMILES string of the molecule is O=C(NCC1CCCCC1)c1ccc(C#CCO)c(Cl)c1. The summed E-state index contributed by atoms with van der Waals surface area (Å²) in [5, 5.41) is 12.1. The van der Waals surface area contributed by atoms with Gasteiger partial charge in [-0.05, 0) is 37.0 Å². The van der Waals surface area contributed by atoms with E-state index in [0.717, 1.165) is 6.54 Å². The first-order valence-corrected chi connectivity index (χ1v) is 7.76. The Morgan fingerprint density at radius 1 is 1.33 bits per heavy atom. The average molecular weight is 306 g/mol. The van der Waals surface area contributed by atoms with Crippen molar-refractivity contribution in [1.29, 1.82) is 0 Å². The number of carbonyl (C=O) groups is 1. The number of aliphatic hydroxyl groups excluding tert-OH is 1. The molecule has 0 spiro atoms. The molecule has 0 atom stereocenters. The van der Waals surface area contributed by atoms with Crippen LogP contribution in [0.3, 0.4) is 0 Å². The Bertz CT molecular complexity index is 554. The normalized spacial score (nSPS) is 15.1. The molecule has 3 nitrogen and oxygen atoms in total. The molecule has 0 unspecified atom stereocenters. The van der Waals surface area contributed by atoms with E-state index in [1.165, 1.54) is 32.1 Å². The lowest BCUT2D eigenvalue weighted by Gasteiger charge is -2.21. The molecule has 1 fully saturated rings. The van der Waals surface area contributed by atoms with Crippen LogP contribution < -0.4 is 5.32 Å². The largest absolute Gasteiger partial charge is 0.384 e. The highest BCUT2D eigenvalue weighted by atomic mass is 35.5. The number of hydrogen-bond donors (Lipinski definition) is 2. The van der Waals surface area contributed by atoms with E-state index in [-0.39, 0.29) is 12.5 Å². The summed E-state index contributed by atoms with van der Waals surface area (Å²) in [5.74, 6) is 5.80. The summed E-state index contributed by atoms with van der Waals surface area (Å²) in [6, 6.07) is 5.04. The Balaban J connectivity index is 1.94. The molecule has 4 heteroatoms. The van der Waals surface area contributed by atoms with Crippen LogP contribution in [0.2, 0.25) is 5.02 Å². The van der Waals surface area contributed by atoms with Crippen molar-refractivity contribution in [3.8, 4) is 11.8 Å². The predicted octanol–water partition coefficient (Wildman–Crippen LogP) is 2.99. The number of amides is 1. The average Bonchev–Trinajstić information content (AvgIpc) is 2.52. The molecular formula is C17H20ClNO2. The fourth-order valence-electron chi connectivity index (χ4n) is 2.62. The lowest BCUT2D eigenvalue weighted by atomic mass is 9.89. The fraction of sp³-hybridized carbons (Fsp3) is 0.471. The van der Waals surface area contributed by atoms with Crippen molar-refractivity contribution >= 4 is 17.5 Å². The molecule has 0 aromatic heterocycles.